The van der Waals surface area contributed by atoms with E-state index in [9.17, 15) is 9.18 Å². The lowest BCUT2D eigenvalue weighted by molar-refractivity contribution is -0.136. The SMILES string of the molecule is O=C(O)Cc1cncc(Cl)c1F. The third-order valence-electron chi connectivity index (χ3n) is 1.25. The Hall–Kier alpha value is -1.16. The number of hydrogen-bond donors (Lipinski definition) is 1. The number of halogens is 2. The molecule has 0 aromatic carbocycles. The first-order chi connectivity index (χ1) is 5.61. The topological polar surface area (TPSA) is 50.2 Å². The van der Waals surface area contributed by atoms with E-state index in [0.717, 1.165) is 12.4 Å². The van der Waals surface area contributed by atoms with Gasteiger partial charge in [0.2, 0.25) is 0 Å². The summed E-state index contributed by atoms with van der Waals surface area (Å²) in [6.45, 7) is 0. The molecule has 12 heavy (non-hydrogen) atoms. The van der Waals surface area contributed by atoms with Crippen LogP contribution in [0.1, 0.15) is 5.56 Å². The second-order valence-electron chi connectivity index (χ2n) is 2.16. The molecule has 0 radical (unpaired) electrons. The zero-order valence-corrected chi connectivity index (χ0v) is 6.68. The fourth-order valence-electron chi connectivity index (χ4n) is 0.746. The molecule has 0 unspecified atom stereocenters. The van der Waals surface area contributed by atoms with Gasteiger partial charge in [-0.3, -0.25) is 9.78 Å². The highest BCUT2D eigenvalue weighted by Gasteiger charge is 2.09. The van der Waals surface area contributed by atoms with Crippen molar-refractivity contribution in [1.82, 2.24) is 4.98 Å². The molecule has 3 nitrogen and oxygen atoms in total. The third-order valence-corrected chi connectivity index (χ3v) is 1.52. The van der Waals surface area contributed by atoms with Crippen molar-refractivity contribution < 1.29 is 14.3 Å². The summed E-state index contributed by atoms with van der Waals surface area (Å²) < 4.78 is 12.9. The molecule has 0 bridgehead atoms. The highest BCUT2D eigenvalue weighted by Crippen LogP contribution is 2.16. The first-order valence-electron chi connectivity index (χ1n) is 3.11. The molecule has 1 N–H and O–H groups in total. The van der Waals surface area contributed by atoms with E-state index in [4.69, 9.17) is 16.7 Å². The van der Waals surface area contributed by atoms with Gasteiger partial charge in [-0.25, -0.2) is 4.39 Å². The lowest BCUT2D eigenvalue weighted by Gasteiger charge is -1.99. The number of carbonyl (C=O) groups is 1. The van der Waals surface area contributed by atoms with Crippen LogP contribution in [0.2, 0.25) is 5.02 Å². The van der Waals surface area contributed by atoms with Crippen molar-refractivity contribution in [2.75, 3.05) is 0 Å². The molecule has 0 saturated heterocycles. The molecule has 0 aliphatic heterocycles. The van der Waals surface area contributed by atoms with E-state index < -0.39 is 18.2 Å². The zero-order chi connectivity index (χ0) is 9.14. The van der Waals surface area contributed by atoms with Crippen molar-refractivity contribution in [3.05, 3.63) is 28.8 Å². The first-order valence-corrected chi connectivity index (χ1v) is 3.48. The van der Waals surface area contributed by atoms with E-state index in [0.29, 0.717) is 0 Å². The number of carboxylic acid groups (broad SMARTS) is 1. The Labute approximate surface area is 72.8 Å². The van der Waals surface area contributed by atoms with Crippen molar-refractivity contribution in [2.45, 2.75) is 6.42 Å². The van der Waals surface area contributed by atoms with Crippen molar-refractivity contribution in [3.8, 4) is 0 Å². The van der Waals surface area contributed by atoms with Gasteiger partial charge in [0.1, 0.15) is 5.82 Å². The van der Waals surface area contributed by atoms with Crippen molar-refractivity contribution in [2.24, 2.45) is 0 Å². The molecule has 1 aromatic rings. The maximum Gasteiger partial charge on any atom is 0.307 e. The number of aliphatic carboxylic acids is 1. The Morgan fingerprint density at radius 2 is 2.33 bits per heavy atom. The summed E-state index contributed by atoms with van der Waals surface area (Å²) in [4.78, 5) is 13.8. The molecular weight excluding hydrogens is 185 g/mol. The molecule has 0 aliphatic carbocycles. The Balaban J connectivity index is 3.00. The van der Waals surface area contributed by atoms with Gasteiger partial charge in [0.05, 0.1) is 11.4 Å². The molecule has 0 atom stereocenters. The van der Waals surface area contributed by atoms with Crippen LogP contribution in [0.15, 0.2) is 12.4 Å². The summed E-state index contributed by atoms with van der Waals surface area (Å²) in [7, 11) is 0. The fraction of sp³-hybridized carbons (Fsp3) is 0.143. The summed E-state index contributed by atoms with van der Waals surface area (Å²) >= 11 is 5.37. The minimum absolute atomic E-state index is 0.00463. The molecular formula is C7H5ClFNO2. The van der Waals surface area contributed by atoms with Gasteiger partial charge < -0.3 is 5.11 Å². The minimum atomic E-state index is -1.11. The van der Waals surface area contributed by atoms with Crippen LogP contribution in [-0.2, 0) is 11.2 Å². The number of rotatable bonds is 2. The molecule has 1 aromatic heterocycles. The van der Waals surface area contributed by atoms with Gasteiger partial charge in [-0.15, -0.1) is 0 Å². The molecule has 0 fully saturated rings. The van der Waals surface area contributed by atoms with Gasteiger partial charge in [-0.05, 0) is 0 Å². The highest BCUT2D eigenvalue weighted by atomic mass is 35.5. The van der Waals surface area contributed by atoms with Crippen LogP contribution in [-0.4, -0.2) is 16.1 Å². The second-order valence-corrected chi connectivity index (χ2v) is 2.57. The van der Waals surface area contributed by atoms with Crippen molar-refractivity contribution in [1.29, 1.82) is 0 Å². The van der Waals surface area contributed by atoms with Crippen LogP contribution in [0.25, 0.3) is 0 Å². The fourth-order valence-corrected chi connectivity index (χ4v) is 0.923. The Morgan fingerprint density at radius 1 is 1.67 bits per heavy atom. The Morgan fingerprint density at radius 3 is 2.92 bits per heavy atom. The second kappa shape index (κ2) is 3.49. The Kier molecular flexibility index (Phi) is 2.60. The summed E-state index contributed by atoms with van der Waals surface area (Å²) in [6, 6.07) is 0. The lowest BCUT2D eigenvalue weighted by atomic mass is 10.2. The van der Waals surface area contributed by atoms with E-state index in [1.54, 1.807) is 0 Å². The van der Waals surface area contributed by atoms with E-state index in [2.05, 4.69) is 4.98 Å². The van der Waals surface area contributed by atoms with E-state index >= 15 is 0 Å². The van der Waals surface area contributed by atoms with Crippen LogP contribution in [0.3, 0.4) is 0 Å². The number of pyridine rings is 1. The van der Waals surface area contributed by atoms with Crippen LogP contribution in [0.5, 0.6) is 0 Å². The van der Waals surface area contributed by atoms with Crippen LogP contribution >= 0.6 is 11.6 Å². The monoisotopic (exact) mass is 189 g/mol. The molecule has 1 heterocycles. The number of hydrogen-bond acceptors (Lipinski definition) is 2. The summed E-state index contributed by atoms with van der Waals surface area (Å²) in [5.41, 5.74) is -0.00463. The molecule has 0 aliphatic rings. The largest absolute Gasteiger partial charge is 0.481 e. The van der Waals surface area contributed by atoms with Crippen molar-refractivity contribution in [3.63, 3.8) is 0 Å². The average Bonchev–Trinajstić information content (AvgIpc) is 1.98. The van der Waals surface area contributed by atoms with Gasteiger partial charge in [-0.1, -0.05) is 11.6 Å². The Bertz CT molecular complexity index is 316. The molecule has 0 saturated carbocycles. The molecule has 1 rings (SSSR count). The summed E-state index contributed by atoms with van der Waals surface area (Å²) in [5.74, 6) is -1.83. The normalized spacial score (nSPS) is 9.83. The zero-order valence-electron chi connectivity index (χ0n) is 5.92. The predicted octanol–water partition coefficient (Wildman–Crippen LogP) is 1.50. The quantitative estimate of drug-likeness (QED) is 0.767. The molecule has 0 amide bonds. The van der Waals surface area contributed by atoms with Crippen LogP contribution < -0.4 is 0 Å². The van der Waals surface area contributed by atoms with Gasteiger partial charge >= 0.3 is 5.97 Å². The number of carboxylic acids is 1. The minimum Gasteiger partial charge on any atom is -0.481 e. The van der Waals surface area contributed by atoms with E-state index in [1.807, 2.05) is 0 Å². The van der Waals surface area contributed by atoms with Gasteiger partial charge in [0.15, 0.2) is 0 Å². The number of nitrogens with zero attached hydrogens (tertiary/aromatic N) is 1. The summed E-state index contributed by atoms with van der Waals surface area (Å²) in [5, 5.41) is 8.19. The van der Waals surface area contributed by atoms with Gasteiger partial charge in [0.25, 0.3) is 0 Å². The predicted molar refractivity (Wildman–Crippen MR) is 40.5 cm³/mol. The molecule has 0 spiro atoms. The van der Waals surface area contributed by atoms with Crippen LogP contribution in [0.4, 0.5) is 4.39 Å². The van der Waals surface area contributed by atoms with E-state index in [-0.39, 0.29) is 10.6 Å². The van der Waals surface area contributed by atoms with Crippen LogP contribution in [0, 0.1) is 5.82 Å². The lowest BCUT2D eigenvalue weighted by Crippen LogP contribution is -2.03. The standard InChI is InChI=1S/C7H5ClFNO2/c8-5-3-10-2-4(7(5)9)1-6(11)12/h2-3H,1H2,(H,11,12). The first kappa shape index (κ1) is 8.93. The third kappa shape index (κ3) is 1.92. The highest BCUT2D eigenvalue weighted by molar-refractivity contribution is 6.30. The summed E-state index contributed by atoms with van der Waals surface area (Å²) in [6.07, 6.45) is 1.87. The average molecular weight is 190 g/mol. The number of aromatic nitrogens is 1. The van der Waals surface area contributed by atoms with Gasteiger partial charge in [0, 0.05) is 18.0 Å². The molecule has 64 valence electrons. The van der Waals surface area contributed by atoms with Gasteiger partial charge in [-0.2, -0.15) is 0 Å². The molecule has 5 heteroatoms. The smallest absolute Gasteiger partial charge is 0.307 e. The maximum absolute atomic E-state index is 12.9. The van der Waals surface area contributed by atoms with Crippen molar-refractivity contribution >= 4 is 17.6 Å². The maximum atomic E-state index is 12.9. The van der Waals surface area contributed by atoms with E-state index in [1.165, 1.54) is 0 Å².